The molecule has 1 aromatic rings. The molecule has 78 valence electrons. The van der Waals surface area contributed by atoms with Gasteiger partial charge in [0.25, 0.3) is 0 Å². The zero-order valence-corrected chi connectivity index (χ0v) is 8.72. The summed E-state index contributed by atoms with van der Waals surface area (Å²) in [5.41, 5.74) is 5.92. The molecule has 0 radical (unpaired) electrons. The van der Waals surface area contributed by atoms with E-state index in [4.69, 9.17) is 5.73 Å². The van der Waals surface area contributed by atoms with Gasteiger partial charge in [-0.2, -0.15) is 0 Å². The molecular weight excluding hydrogens is 178 g/mol. The third kappa shape index (κ3) is 1.48. The number of hydrogen-bond donors (Lipinski definition) is 1. The lowest BCUT2D eigenvalue weighted by Crippen LogP contribution is -2.31. The Hall–Kier alpha value is -1.10. The average molecular weight is 195 g/mol. The Labute approximate surface area is 83.9 Å². The molecule has 0 amide bonds. The van der Waals surface area contributed by atoms with Crippen LogP contribution in [-0.4, -0.2) is 33.6 Å². The number of anilines is 1. The second-order valence-electron chi connectivity index (χ2n) is 3.91. The van der Waals surface area contributed by atoms with Crippen LogP contribution >= 0.6 is 0 Å². The molecule has 1 aliphatic heterocycles. The molecule has 1 aliphatic rings. The molecule has 0 aromatic carbocycles. The molecular formula is C9H17N5. The fraction of sp³-hybridized carbons (Fsp3) is 0.778. The van der Waals surface area contributed by atoms with Crippen molar-refractivity contribution in [2.75, 3.05) is 11.4 Å². The summed E-state index contributed by atoms with van der Waals surface area (Å²) in [6, 6.07) is 0.777. The number of rotatable bonds is 2. The van der Waals surface area contributed by atoms with Crippen LogP contribution in [0.25, 0.3) is 0 Å². The second kappa shape index (κ2) is 3.57. The first kappa shape index (κ1) is 9.45. The fourth-order valence-corrected chi connectivity index (χ4v) is 2.09. The van der Waals surface area contributed by atoms with E-state index in [-0.39, 0.29) is 6.04 Å². The van der Waals surface area contributed by atoms with Crippen molar-refractivity contribution in [1.82, 2.24) is 15.0 Å². The summed E-state index contributed by atoms with van der Waals surface area (Å²) in [6.45, 7) is 6.03. The molecule has 0 saturated carbocycles. The first-order valence-corrected chi connectivity index (χ1v) is 5.13. The maximum Gasteiger partial charge on any atom is 0.147 e. The Morgan fingerprint density at radius 1 is 1.64 bits per heavy atom. The van der Waals surface area contributed by atoms with Crippen LogP contribution in [0.15, 0.2) is 6.20 Å². The molecule has 2 rings (SSSR count). The number of aryl methyl sites for hydroxylation is 1. The largest absolute Gasteiger partial charge is 0.351 e. The molecule has 2 N–H and O–H groups in total. The minimum absolute atomic E-state index is 0.283. The van der Waals surface area contributed by atoms with Gasteiger partial charge in [0, 0.05) is 25.2 Å². The van der Waals surface area contributed by atoms with Crippen molar-refractivity contribution in [3.8, 4) is 0 Å². The molecule has 1 aromatic heterocycles. The highest BCUT2D eigenvalue weighted by Crippen LogP contribution is 2.23. The maximum atomic E-state index is 5.92. The molecule has 2 unspecified atom stereocenters. The smallest absolute Gasteiger partial charge is 0.147 e. The van der Waals surface area contributed by atoms with E-state index in [1.54, 1.807) is 0 Å². The molecule has 0 bridgehead atoms. The van der Waals surface area contributed by atoms with Crippen molar-refractivity contribution in [3.05, 3.63) is 6.20 Å². The van der Waals surface area contributed by atoms with E-state index in [9.17, 15) is 0 Å². The van der Waals surface area contributed by atoms with Crippen molar-refractivity contribution >= 4 is 5.82 Å². The van der Waals surface area contributed by atoms with E-state index in [2.05, 4.69) is 29.1 Å². The van der Waals surface area contributed by atoms with Gasteiger partial charge in [-0.3, -0.25) is 0 Å². The van der Waals surface area contributed by atoms with Crippen LogP contribution < -0.4 is 10.6 Å². The maximum absolute atomic E-state index is 5.92. The van der Waals surface area contributed by atoms with Gasteiger partial charge in [0.2, 0.25) is 0 Å². The predicted octanol–water partition coefficient (Wildman–Crippen LogP) is 0.224. The highest BCUT2D eigenvalue weighted by molar-refractivity contribution is 5.39. The van der Waals surface area contributed by atoms with Gasteiger partial charge in [-0.1, -0.05) is 5.21 Å². The fourth-order valence-electron chi connectivity index (χ4n) is 2.09. The summed E-state index contributed by atoms with van der Waals surface area (Å²) in [5.74, 6) is 1.09. The SMILES string of the molecule is CCn1nncc1N1CC(N)CC1C. The van der Waals surface area contributed by atoms with Gasteiger partial charge < -0.3 is 10.6 Å². The van der Waals surface area contributed by atoms with Gasteiger partial charge in [0.1, 0.15) is 5.82 Å². The van der Waals surface area contributed by atoms with Gasteiger partial charge >= 0.3 is 0 Å². The summed E-state index contributed by atoms with van der Waals surface area (Å²) < 4.78 is 1.91. The minimum atomic E-state index is 0.283. The summed E-state index contributed by atoms with van der Waals surface area (Å²) in [6.07, 6.45) is 2.87. The summed E-state index contributed by atoms with van der Waals surface area (Å²) in [4.78, 5) is 2.29. The van der Waals surface area contributed by atoms with Gasteiger partial charge in [0.15, 0.2) is 0 Å². The first-order chi connectivity index (χ1) is 6.72. The van der Waals surface area contributed by atoms with Crippen LogP contribution in [0.2, 0.25) is 0 Å². The van der Waals surface area contributed by atoms with Crippen molar-refractivity contribution in [2.45, 2.75) is 38.9 Å². The summed E-state index contributed by atoms with van der Waals surface area (Å²) in [7, 11) is 0. The Morgan fingerprint density at radius 2 is 2.43 bits per heavy atom. The van der Waals surface area contributed by atoms with E-state index in [0.29, 0.717) is 6.04 Å². The number of nitrogens with two attached hydrogens (primary N) is 1. The Bertz CT molecular complexity index is 308. The second-order valence-corrected chi connectivity index (χ2v) is 3.91. The lowest BCUT2D eigenvalue weighted by atomic mass is 10.2. The van der Waals surface area contributed by atoms with Crippen molar-refractivity contribution in [3.63, 3.8) is 0 Å². The van der Waals surface area contributed by atoms with Gasteiger partial charge in [-0.25, -0.2) is 4.68 Å². The highest BCUT2D eigenvalue weighted by atomic mass is 15.5. The van der Waals surface area contributed by atoms with Crippen LogP contribution in [0.4, 0.5) is 5.82 Å². The number of aromatic nitrogens is 3. The number of hydrogen-bond acceptors (Lipinski definition) is 4. The lowest BCUT2D eigenvalue weighted by molar-refractivity contribution is 0.605. The van der Waals surface area contributed by atoms with E-state index in [1.165, 1.54) is 0 Å². The van der Waals surface area contributed by atoms with E-state index < -0.39 is 0 Å². The molecule has 1 fully saturated rings. The number of nitrogens with zero attached hydrogens (tertiary/aromatic N) is 4. The first-order valence-electron chi connectivity index (χ1n) is 5.13. The standard InChI is InChI=1S/C9H17N5/c1-3-14-9(5-11-12-14)13-6-8(10)4-7(13)2/h5,7-8H,3-4,6,10H2,1-2H3. The summed E-state index contributed by atoms with van der Waals surface area (Å²) in [5, 5.41) is 7.95. The van der Waals surface area contributed by atoms with Crippen LogP contribution in [0, 0.1) is 0 Å². The molecule has 0 spiro atoms. The zero-order valence-electron chi connectivity index (χ0n) is 8.72. The third-order valence-electron chi connectivity index (χ3n) is 2.80. The summed E-state index contributed by atoms with van der Waals surface area (Å²) >= 11 is 0. The van der Waals surface area contributed by atoms with Crippen LogP contribution in [0.1, 0.15) is 20.3 Å². The predicted molar refractivity (Wildman–Crippen MR) is 55.1 cm³/mol. The topological polar surface area (TPSA) is 60.0 Å². The van der Waals surface area contributed by atoms with Crippen molar-refractivity contribution in [2.24, 2.45) is 5.73 Å². The quantitative estimate of drug-likeness (QED) is 0.733. The highest BCUT2D eigenvalue weighted by Gasteiger charge is 2.28. The molecule has 5 nitrogen and oxygen atoms in total. The van der Waals surface area contributed by atoms with Gasteiger partial charge in [-0.15, -0.1) is 5.10 Å². The van der Waals surface area contributed by atoms with Gasteiger partial charge in [-0.05, 0) is 20.3 Å². The molecule has 2 heterocycles. The van der Waals surface area contributed by atoms with Gasteiger partial charge in [0.05, 0.1) is 6.20 Å². The monoisotopic (exact) mass is 195 g/mol. The molecule has 5 heteroatoms. The zero-order chi connectivity index (χ0) is 10.1. The molecule has 1 saturated heterocycles. The Kier molecular flexibility index (Phi) is 2.41. The normalized spacial score (nSPS) is 27.2. The third-order valence-corrected chi connectivity index (χ3v) is 2.80. The van der Waals surface area contributed by atoms with E-state index in [0.717, 1.165) is 25.3 Å². The van der Waals surface area contributed by atoms with Crippen LogP contribution in [0.3, 0.4) is 0 Å². The average Bonchev–Trinajstić information content (AvgIpc) is 2.71. The molecule has 2 atom stereocenters. The Balaban J connectivity index is 2.22. The van der Waals surface area contributed by atoms with Crippen LogP contribution in [0.5, 0.6) is 0 Å². The van der Waals surface area contributed by atoms with E-state index >= 15 is 0 Å². The molecule has 0 aliphatic carbocycles. The van der Waals surface area contributed by atoms with Crippen molar-refractivity contribution < 1.29 is 0 Å². The van der Waals surface area contributed by atoms with Crippen LogP contribution in [-0.2, 0) is 6.54 Å². The minimum Gasteiger partial charge on any atom is -0.351 e. The lowest BCUT2D eigenvalue weighted by Gasteiger charge is -2.22. The Morgan fingerprint density at radius 3 is 3.00 bits per heavy atom. The van der Waals surface area contributed by atoms with Crippen molar-refractivity contribution in [1.29, 1.82) is 0 Å². The molecule has 14 heavy (non-hydrogen) atoms. The van der Waals surface area contributed by atoms with E-state index in [1.807, 2.05) is 10.9 Å².